The van der Waals surface area contributed by atoms with Crippen molar-refractivity contribution in [2.24, 2.45) is 17.3 Å². The van der Waals surface area contributed by atoms with Gasteiger partial charge in [0.25, 0.3) is 0 Å². The summed E-state index contributed by atoms with van der Waals surface area (Å²) >= 11 is 0. The molecule has 3 nitrogen and oxygen atoms in total. The fourth-order valence-corrected chi connectivity index (χ4v) is 4.03. The Bertz CT molecular complexity index is 542. The van der Waals surface area contributed by atoms with Crippen LogP contribution in [0.5, 0.6) is 0 Å². The molecule has 3 rings (SSSR count). The highest BCUT2D eigenvalue weighted by atomic mass is 16.5. The molecular formula is C20H29NO2. The van der Waals surface area contributed by atoms with Crippen molar-refractivity contribution in [2.75, 3.05) is 13.1 Å². The zero-order chi connectivity index (χ0) is 16.4. The summed E-state index contributed by atoms with van der Waals surface area (Å²) < 4.78 is 5.48. The lowest BCUT2D eigenvalue weighted by atomic mass is 9.96. The minimum atomic E-state index is -0.0467. The van der Waals surface area contributed by atoms with E-state index >= 15 is 0 Å². The third kappa shape index (κ3) is 3.77. The molecule has 3 unspecified atom stereocenters. The maximum Gasteiger partial charge on any atom is 0.308 e. The second-order valence-corrected chi connectivity index (χ2v) is 7.81. The number of benzene rings is 1. The van der Waals surface area contributed by atoms with Gasteiger partial charge in [0.05, 0.1) is 5.92 Å². The van der Waals surface area contributed by atoms with Crippen LogP contribution in [0.4, 0.5) is 0 Å². The number of ether oxygens (including phenoxy) is 1. The van der Waals surface area contributed by atoms with Gasteiger partial charge in [0.2, 0.25) is 0 Å². The highest BCUT2D eigenvalue weighted by molar-refractivity contribution is 5.72. The average molecular weight is 315 g/mol. The van der Waals surface area contributed by atoms with Crippen LogP contribution >= 0.6 is 0 Å². The molecule has 2 fully saturated rings. The van der Waals surface area contributed by atoms with E-state index in [-0.39, 0.29) is 11.9 Å². The summed E-state index contributed by atoms with van der Waals surface area (Å²) in [5.41, 5.74) is 1.57. The second-order valence-electron chi connectivity index (χ2n) is 7.81. The monoisotopic (exact) mass is 315 g/mol. The number of rotatable bonds is 6. The molecule has 0 N–H and O–H groups in total. The molecule has 1 saturated heterocycles. The van der Waals surface area contributed by atoms with Crippen molar-refractivity contribution in [1.82, 2.24) is 4.90 Å². The highest BCUT2D eigenvalue weighted by Gasteiger charge is 2.57. The van der Waals surface area contributed by atoms with Crippen molar-refractivity contribution in [2.45, 2.75) is 52.7 Å². The Morgan fingerprint density at radius 1 is 1.30 bits per heavy atom. The lowest BCUT2D eigenvalue weighted by Crippen LogP contribution is -2.28. The van der Waals surface area contributed by atoms with Crippen LogP contribution in [0.25, 0.3) is 0 Å². The topological polar surface area (TPSA) is 29.5 Å². The molecule has 1 saturated carbocycles. The van der Waals surface area contributed by atoms with Gasteiger partial charge in [-0.25, -0.2) is 0 Å². The van der Waals surface area contributed by atoms with Gasteiger partial charge in [-0.3, -0.25) is 4.79 Å². The molecule has 1 aliphatic heterocycles. The molecule has 1 spiro atoms. The minimum absolute atomic E-state index is 0.0104. The Balaban J connectivity index is 1.43. The Morgan fingerprint density at radius 2 is 2.04 bits per heavy atom. The predicted octanol–water partition coefficient (Wildman–Crippen LogP) is 3.88. The second kappa shape index (κ2) is 6.64. The number of esters is 1. The molecule has 2 aliphatic rings. The van der Waals surface area contributed by atoms with Gasteiger partial charge in [0, 0.05) is 12.6 Å². The quantitative estimate of drug-likeness (QED) is 0.746. The number of carbonyl (C=O) groups excluding carboxylic acids is 1. The highest BCUT2D eigenvalue weighted by Crippen LogP contribution is 2.61. The fraction of sp³-hybridized carbons (Fsp3) is 0.650. The van der Waals surface area contributed by atoms with Crippen LogP contribution < -0.4 is 0 Å². The number of hydrogen-bond donors (Lipinski definition) is 0. The van der Waals surface area contributed by atoms with Crippen molar-refractivity contribution in [3.8, 4) is 0 Å². The van der Waals surface area contributed by atoms with Gasteiger partial charge in [0.15, 0.2) is 0 Å². The molecule has 1 heterocycles. The first kappa shape index (κ1) is 16.5. The lowest BCUT2D eigenvalue weighted by Gasteiger charge is -2.20. The first-order valence-corrected chi connectivity index (χ1v) is 8.95. The third-order valence-corrected chi connectivity index (χ3v) is 5.77. The summed E-state index contributed by atoms with van der Waals surface area (Å²) in [6.45, 7) is 9.41. The van der Waals surface area contributed by atoms with E-state index in [2.05, 4.69) is 18.7 Å². The molecule has 3 atom stereocenters. The van der Waals surface area contributed by atoms with Crippen LogP contribution in [0.1, 0.15) is 45.6 Å². The number of carbonyl (C=O) groups is 1. The smallest absolute Gasteiger partial charge is 0.308 e. The maximum atomic E-state index is 12.2. The minimum Gasteiger partial charge on any atom is -0.461 e. The van der Waals surface area contributed by atoms with Crippen molar-refractivity contribution >= 4 is 5.97 Å². The van der Waals surface area contributed by atoms with Crippen LogP contribution in [0.15, 0.2) is 30.3 Å². The van der Waals surface area contributed by atoms with Crippen molar-refractivity contribution < 1.29 is 9.53 Å². The van der Waals surface area contributed by atoms with Crippen molar-refractivity contribution in [3.63, 3.8) is 0 Å². The third-order valence-electron chi connectivity index (χ3n) is 5.77. The average Bonchev–Trinajstić information content (AvgIpc) is 3.01. The lowest BCUT2D eigenvalue weighted by molar-refractivity contribution is -0.149. The molecule has 0 radical (unpaired) electrons. The zero-order valence-corrected chi connectivity index (χ0v) is 14.6. The summed E-state index contributed by atoms with van der Waals surface area (Å²) in [5.74, 6) is 0.677. The van der Waals surface area contributed by atoms with Gasteiger partial charge in [-0.15, -0.1) is 0 Å². The van der Waals surface area contributed by atoms with Crippen LogP contribution in [0.3, 0.4) is 0 Å². The Hall–Kier alpha value is -1.35. The Morgan fingerprint density at radius 3 is 2.70 bits per heavy atom. The van der Waals surface area contributed by atoms with Crippen LogP contribution in [0.2, 0.25) is 0 Å². The Labute approximate surface area is 140 Å². The fourth-order valence-electron chi connectivity index (χ4n) is 4.03. The molecule has 3 heteroatoms. The van der Waals surface area contributed by atoms with Gasteiger partial charge >= 0.3 is 5.97 Å². The Kier molecular flexibility index (Phi) is 4.77. The summed E-state index contributed by atoms with van der Waals surface area (Å²) in [4.78, 5) is 14.8. The normalized spacial score (nSPS) is 28.3. The molecule has 0 aromatic heterocycles. The van der Waals surface area contributed by atoms with Crippen LogP contribution in [0, 0.1) is 17.3 Å². The number of likely N-dealkylation sites (tertiary alicyclic amines) is 1. The van der Waals surface area contributed by atoms with Gasteiger partial charge < -0.3 is 9.64 Å². The van der Waals surface area contributed by atoms with Gasteiger partial charge in [0.1, 0.15) is 6.61 Å². The first-order chi connectivity index (χ1) is 11.0. The summed E-state index contributed by atoms with van der Waals surface area (Å²) in [6, 6.07) is 10.5. The van der Waals surface area contributed by atoms with E-state index in [1.165, 1.54) is 25.9 Å². The maximum absolute atomic E-state index is 12.2. The number of nitrogens with zero attached hydrogens (tertiary/aromatic N) is 1. The van der Waals surface area contributed by atoms with Gasteiger partial charge in [-0.05, 0) is 56.6 Å². The summed E-state index contributed by atoms with van der Waals surface area (Å²) in [7, 11) is 0. The molecule has 1 aliphatic carbocycles. The summed E-state index contributed by atoms with van der Waals surface area (Å²) in [5, 5.41) is 0. The van der Waals surface area contributed by atoms with E-state index in [1.54, 1.807) is 0 Å². The van der Waals surface area contributed by atoms with E-state index in [0.29, 0.717) is 24.0 Å². The van der Waals surface area contributed by atoms with Crippen LogP contribution in [-0.2, 0) is 16.1 Å². The first-order valence-electron chi connectivity index (χ1n) is 8.95. The summed E-state index contributed by atoms with van der Waals surface area (Å²) in [6.07, 6.45) is 3.59. The van der Waals surface area contributed by atoms with Crippen molar-refractivity contribution in [1.29, 1.82) is 0 Å². The van der Waals surface area contributed by atoms with Gasteiger partial charge in [-0.2, -0.15) is 0 Å². The van der Waals surface area contributed by atoms with Crippen LogP contribution in [-0.4, -0.2) is 30.0 Å². The van der Waals surface area contributed by atoms with Crippen molar-refractivity contribution in [3.05, 3.63) is 35.9 Å². The SMILES string of the molecule is CC(CC1CC12CCN(C(C)C)C2)C(=O)OCc1ccccc1. The molecule has 1 aromatic rings. The molecular weight excluding hydrogens is 286 g/mol. The molecule has 0 amide bonds. The molecule has 0 bridgehead atoms. The molecule has 1 aromatic carbocycles. The predicted molar refractivity (Wildman–Crippen MR) is 91.9 cm³/mol. The van der Waals surface area contributed by atoms with Gasteiger partial charge in [-0.1, -0.05) is 37.3 Å². The molecule has 23 heavy (non-hydrogen) atoms. The largest absolute Gasteiger partial charge is 0.461 e. The van der Waals surface area contributed by atoms with E-state index in [4.69, 9.17) is 4.74 Å². The van der Waals surface area contributed by atoms with E-state index in [1.807, 2.05) is 37.3 Å². The standard InChI is InChI=1S/C20H29NO2/c1-15(2)21-10-9-20(14-21)12-18(20)11-16(3)19(22)23-13-17-7-5-4-6-8-17/h4-8,15-16,18H,9-14H2,1-3H3. The van der Waals surface area contributed by atoms with E-state index in [0.717, 1.165) is 12.0 Å². The van der Waals surface area contributed by atoms with E-state index < -0.39 is 0 Å². The number of hydrogen-bond acceptors (Lipinski definition) is 3. The molecule has 126 valence electrons. The van der Waals surface area contributed by atoms with E-state index in [9.17, 15) is 4.79 Å². The zero-order valence-electron chi connectivity index (χ0n) is 14.6.